The normalized spacial score (nSPS) is 10.3. The van der Waals surface area contributed by atoms with Gasteiger partial charge in [-0.05, 0) is 30.3 Å². The maximum absolute atomic E-state index is 6.01. The first-order valence-corrected chi connectivity index (χ1v) is 6.19. The fourth-order valence-corrected chi connectivity index (χ4v) is 2.09. The first-order valence-electron chi connectivity index (χ1n) is 5.41. The van der Waals surface area contributed by atoms with E-state index in [-0.39, 0.29) is 0 Å². The van der Waals surface area contributed by atoms with Crippen LogP contribution in [0.1, 0.15) is 11.3 Å². The lowest BCUT2D eigenvalue weighted by molar-refractivity contribution is 0.507. The van der Waals surface area contributed by atoms with Crippen LogP contribution in [0.5, 0.6) is 0 Å². The molecule has 1 heterocycles. The van der Waals surface area contributed by atoms with Gasteiger partial charge in [0.25, 0.3) is 0 Å². The Morgan fingerprint density at radius 3 is 2.83 bits per heavy atom. The molecule has 3 nitrogen and oxygen atoms in total. The van der Waals surface area contributed by atoms with E-state index in [2.05, 4.69) is 0 Å². The van der Waals surface area contributed by atoms with Crippen molar-refractivity contribution in [3.05, 3.63) is 52.9 Å². The highest BCUT2D eigenvalue weighted by Crippen LogP contribution is 2.25. The summed E-state index contributed by atoms with van der Waals surface area (Å²) in [6.07, 6.45) is 1.65. The highest BCUT2D eigenvalue weighted by molar-refractivity contribution is 7.80. The molecule has 2 aromatic rings. The molecule has 0 fully saturated rings. The van der Waals surface area contributed by atoms with Gasteiger partial charge in [0.2, 0.25) is 0 Å². The minimum Gasteiger partial charge on any atom is -0.467 e. The van der Waals surface area contributed by atoms with Gasteiger partial charge in [-0.2, -0.15) is 0 Å². The Hall–Kier alpha value is -1.52. The first-order chi connectivity index (χ1) is 8.58. The molecule has 0 bridgehead atoms. The van der Waals surface area contributed by atoms with Crippen molar-refractivity contribution in [2.45, 2.75) is 6.54 Å². The van der Waals surface area contributed by atoms with E-state index in [0.29, 0.717) is 16.6 Å². The van der Waals surface area contributed by atoms with Crippen molar-refractivity contribution >= 4 is 34.5 Å². The number of rotatable bonds is 4. The van der Waals surface area contributed by atoms with Crippen LogP contribution in [0, 0.1) is 0 Å². The van der Waals surface area contributed by atoms with E-state index in [9.17, 15) is 0 Å². The highest BCUT2D eigenvalue weighted by atomic mass is 35.5. The molecule has 5 heteroatoms. The molecule has 2 rings (SSSR count). The molecule has 0 radical (unpaired) electrons. The second-order valence-corrected chi connectivity index (χ2v) is 4.84. The average molecular weight is 281 g/mol. The van der Waals surface area contributed by atoms with Crippen LogP contribution in [-0.2, 0) is 6.54 Å². The fraction of sp³-hybridized carbons (Fsp3) is 0.154. The molecule has 0 aliphatic rings. The summed E-state index contributed by atoms with van der Waals surface area (Å²) in [5, 5.41) is 0.649. The maximum atomic E-state index is 6.01. The van der Waals surface area contributed by atoms with Crippen LogP contribution in [0.3, 0.4) is 0 Å². The van der Waals surface area contributed by atoms with E-state index < -0.39 is 0 Å². The monoisotopic (exact) mass is 280 g/mol. The lowest BCUT2D eigenvalue weighted by Gasteiger charge is -2.21. The topological polar surface area (TPSA) is 42.4 Å². The van der Waals surface area contributed by atoms with Gasteiger partial charge in [-0.3, -0.25) is 0 Å². The van der Waals surface area contributed by atoms with Gasteiger partial charge in [0, 0.05) is 23.3 Å². The molecule has 18 heavy (non-hydrogen) atoms. The number of halogens is 1. The summed E-state index contributed by atoms with van der Waals surface area (Å²) in [6, 6.07) is 9.23. The van der Waals surface area contributed by atoms with E-state index in [4.69, 9.17) is 34.0 Å². The van der Waals surface area contributed by atoms with Gasteiger partial charge in [0.1, 0.15) is 10.7 Å². The molecule has 1 aromatic heterocycles. The van der Waals surface area contributed by atoms with Gasteiger partial charge < -0.3 is 15.1 Å². The molecule has 0 spiro atoms. The standard InChI is InChI=1S/C13H13ClN2OS/c1-16(8-10-3-2-6-17-10)12-7-9(14)4-5-11(12)13(15)18/h2-7H,8H2,1H3,(H2,15,18). The third kappa shape index (κ3) is 2.83. The van der Waals surface area contributed by atoms with Crippen LogP contribution >= 0.6 is 23.8 Å². The maximum Gasteiger partial charge on any atom is 0.123 e. The molecular weight excluding hydrogens is 268 g/mol. The van der Waals surface area contributed by atoms with Crippen molar-refractivity contribution in [1.29, 1.82) is 0 Å². The lowest BCUT2D eigenvalue weighted by Crippen LogP contribution is -2.21. The molecule has 0 aliphatic carbocycles. The van der Waals surface area contributed by atoms with Crippen LogP contribution in [0.2, 0.25) is 5.02 Å². The Labute approximate surface area is 116 Å². The summed E-state index contributed by atoms with van der Waals surface area (Å²) < 4.78 is 5.32. The number of hydrogen-bond donors (Lipinski definition) is 1. The van der Waals surface area contributed by atoms with Crippen LogP contribution < -0.4 is 10.6 Å². The summed E-state index contributed by atoms with van der Waals surface area (Å²) >= 11 is 11.1. The molecule has 2 N–H and O–H groups in total. The highest BCUT2D eigenvalue weighted by Gasteiger charge is 2.11. The predicted octanol–water partition coefficient (Wildman–Crippen LogP) is 3.20. The Bertz CT molecular complexity index is 554. The number of benzene rings is 1. The van der Waals surface area contributed by atoms with Crippen LogP contribution in [-0.4, -0.2) is 12.0 Å². The summed E-state index contributed by atoms with van der Waals surface area (Å²) in [5.41, 5.74) is 7.42. The van der Waals surface area contributed by atoms with Gasteiger partial charge in [-0.15, -0.1) is 0 Å². The molecule has 0 unspecified atom stereocenters. The second kappa shape index (κ2) is 5.42. The molecule has 1 aromatic carbocycles. The smallest absolute Gasteiger partial charge is 0.123 e. The van der Waals surface area contributed by atoms with Crippen LogP contribution in [0.15, 0.2) is 41.0 Å². The van der Waals surface area contributed by atoms with E-state index >= 15 is 0 Å². The van der Waals surface area contributed by atoms with Crippen molar-refractivity contribution in [2.75, 3.05) is 11.9 Å². The third-order valence-electron chi connectivity index (χ3n) is 2.61. The Balaban J connectivity index is 2.31. The molecular formula is C13H13ClN2OS. The predicted molar refractivity (Wildman–Crippen MR) is 78.2 cm³/mol. The number of nitrogens with zero attached hydrogens (tertiary/aromatic N) is 1. The number of anilines is 1. The summed E-state index contributed by atoms with van der Waals surface area (Å²) in [4.78, 5) is 2.35. The summed E-state index contributed by atoms with van der Waals surface area (Å²) in [6.45, 7) is 0.628. The number of furan rings is 1. The minimum atomic E-state index is 0.355. The zero-order valence-corrected chi connectivity index (χ0v) is 11.5. The van der Waals surface area contributed by atoms with Crippen LogP contribution in [0.25, 0.3) is 0 Å². The molecule has 0 saturated heterocycles. The molecule has 94 valence electrons. The van der Waals surface area contributed by atoms with E-state index in [1.807, 2.05) is 36.2 Å². The fourth-order valence-electron chi connectivity index (χ4n) is 1.75. The number of thiocarbonyl (C=S) groups is 1. The van der Waals surface area contributed by atoms with Crippen molar-refractivity contribution in [1.82, 2.24) is 0 Å². The minimum absolute atomic E-state index is 0.355. The van der Waals surface area contributed by atoms with Crippen molar-refractivity contribution in [3.8, 4) is 0 Å². The summed E-state index contributed by atoms with van der Waals surface area (Å²) in [7, 11) is 1.94. The largest absolute Gasteiger partial charge is 0.467 e. The second-order valence-electron chi connectivity index (χ2n) is 3.96. The quantitative estimate of drug-likeness (QED) is 0.874. The third-order valence-corrected chi connectivity index (χ3v) is 3.06. The van der Waals surface area contributed by atoms with Crippen molar-refractivity contribution in [3.63, 3.8) is 0 Å². The van der Waals surface area contributed by atoms with Gasteiger partial charge in [0.05, 0.1) is 12.8 Å². The number of nitrogens with two attached hydrogens (primary N) is 1. The van der Waals surface area contributed by atoms with Crippen LogP contribution in [0.4, 0.5) is 5.69 Å². The first kappa shape index (κ1) is 12.9. The average Bonchev–Trinajstić information content (AvgIpc) is 2.81. The Morgan fingerprint density at radius 1 is 1.44 bits per heavy atom. The van der Waals surface area contributed by atoms with Gasteiger partial charge in [0.15, 0.2) is 0 Å². The Kier molecular flexibility index (Phi) is 3.89. The van der Waals surface area contributed by atoms with Crippen molar-refractivity contribution in [2.24, 2.45) is 5.73 Å². The van der Waals surface area contributed by atoms with Crippen molar-refractivity contribution < 1.29 is 4.42 Å². The van der Waals surface area contributed by atoms with Gasteiger partial charge >= 0.3 is 0 Å². The van der Waals surface area contributed by atoms with E-state index in [0.717, 1.165) is 17.0 Å². The van der Waals surface area contributed by atoms with Gasteiger partial charge in [-0.1, -0.05) is 23.8 Å². The molecule has 0 aliphatic heterocycles. The SMILES string of the molecule is CN(Cc1ccco1)c1cc(Cl)ccc1C(N)=S. The van der Waals surface area contributed by atoms with E-state index in [1.54, 1.807) is 12.3 Å². The molecule has 0 saturated carbocycles. The van der Waals surface area contributed by atoms with Gasteiger partial charge in [-0.25, -0.2) is 0 Å². The number of hydrogen-bond acceptors (Lipinski definition) is 3. The zero-order chi connectivity index (χ0) is 13.1. The van der Waals surface area contributed by atoms with E-state index in [1.165, 1.54) is 0 Å². The zero-order valence-electron chi connectivity index (χ0n) is 9.89. The molecule has 0 atom stereocenters. The summed E-state index contributed by atoms with van der Waals surface area (Å²) in [5.74, 6) is 0.867. The Morgan fingerprint density at radius 2 is 2.22 bits per heavy atom. The molecule has 0 amide bonds. The lowest BCUT2D eigenvalue weighted by atomic mass is 10.1.